The van der Waals surface area contributed by atoms with Gasteiger partial charge in [-0.3, -0.25) is 4.79 Å². The fraction of sp³-hybridized carbons (Fsp3) is 0.333. The third kappa shape index (κ3) is 1.14. The van der Waals surface area contributed by atoms with Crippen molar-refractivity contribution >= 4 is 11.1 Å². The van der Waals surface area contributed by atoms with E-state index in [0.717, 1.165) is 12.1 Å². The summed E-state index contributed by atoms with van der Waals surface area (Å²) in [5.74, 6) is 0. The molecule has 0 fully saturated rings. The van der Waals surface area contributed by atoms with Crippen LogP contribution in [0.5, 0.6) is 0 Å². The molecular weight excluding hydrogens is 168 g/mol. The summed E-state index contributed by atoms with van der Waals surface area (Å²) >= 11 is 0. The van der Waals surface area contributed by atoms with Gasteiger partial charge in [0.05, 0.1) is 5.69 Å². The van der Waals surface area contributed by atoms with E-state index in [1.54, 1.807) is 13.0 Å². The van der Waals surface area contributed by atoms with Crippen LogP contribution in [-0.2, 0) is 6.42 Å². The molecule has 0 bridgehead atoms. The number of aromatic nitrogens is 2. The van der Waals surface area contributed by atoms with E-state index in [1.807, 2.05) is 6.92 Å². The minimum absolute atomic E-state index is 0.0237. The molecule has 68 valence electrons. The largest absolute Gasteiger partial charge is 0.337 e. The standard InChI is InChI=1S/C9H10N2O2/c1-3-6-4-7(12)8-5(2)11-13-9(8)10-6/h4H,3H2,1-2H3,(H,10,12). The zero-order chi connectivity index (χ0) is 9.42. The van der Waals surface area contributed by atoms with Crippen molar-refractivity contribution in [2.45, 2.75) is 20.3 Å². The maximum atomic E-state index is 11.5. The lowest BCUT2D eigenvalue weighted by molar-refractivity contribution is 0.442. The zero-order valence-electron chi connectivity index (χ0n) is 7.55. The van der Waals surface area contributed by atoms with Gasteiger partial charge in [0.25, 0.3) is 0 Å². The number of nitrogens with zero attached hydrogens (tertiary/aromatic N) is 1. The molecule has 2 heterocycles. The van der Waals surface area contributed by atoms with Crippen LogP contribution in [0.3, 0.4) is 0 Å². The van der Waals surface area contributed by atoms with Gasteiger partial charge >= 0.3 is 0 Å². The molecule has 1 N–H and O–H groups in total. The number of pyridine rings is 1. The van der Waals surface area contributed by atoms with Gasteiger partial charge in [-0.05, 0) is 13.3 Å². The highest BCUT2D eigenvalue weighted by Crippen LogP contribution is 2.11. The SMILES string of the molecule is CCc1cc(=O)c2c(C)noc2[nH]1. The molecule has 2 aromatic heterocycles. The topological polar surface area (TPSA) is 58.9 Å². The molecule has 13 heavy (non-hydrogen) atoms. The molecule has 0 aliphatic rings. The van der Waals surface area contributed by atoms with Crippen molar-refractivity contribution in [1.29, 1.82) is 0 Å². The average Bonchev–Trinajstić information content (AvgIpc) is 2.48. The molecule has 0 aliphatic carbocycles. The van der Waals surface area contributed by atoms with Gasteiger partial charge in [-0.25, -0.2) is 0 Å². The Balaban J connectivity index is 2.87. The van der Waals surface area contributed by atoms with E-state index in [9.17, 15) is 4.79 Å². The van der Waals surface area contributed by atoms with Gasteiger partial charge in [-0.1, -0.05) is 12.1 Å². The van der Waals surface area contributed by atoms with Crippen LogP contribution in [0.2, 0.25) is 0 Å². The Hall–Kier alpha value is -1.58. The second-order valence-electron chi connectivity index (χ2n) is 2.98. The van der Waals surface area contributed by atoms with Gasteiger partial charge in [0.2, 0.25) is 5.71 Å². The maximum absolute atomic E-state index is 11.5. The molecule has 4 heteroatoms. The number of hydrogen-bond donors (Lipinski definition) is 1. The number of fused-ring (bicyclic) bond motifs is 1. The van der Waals surface area contributed by atoms with Crippen molar-refractivity contribution in [2.24, 2.45) is 0 Å². The zero-order valence-corrected chi connectivity index (χ0v) is 7.55. The predicted octanol–water partition coefficient (Wildman–Crippen LogP) is 1.39. The Morgan fingerprint density at radius 1 is 1.62 bits per heavy atom. The molecule has 0 unspecified atom stereocenters. The van der Waals surface area contributed by atoms with Crippen molar-refractivity contribution in [2.75, 3.05) is 0 Å². The first kappa shape index (κ1) is 8.04. The van der Waals surface area contributed by atoms with Gasteiger partial charge in [-0.15, -0.1) is 0 Å². The quantitative estimate of drug-likeness (QED) is 0.717. The van der Waals surface area contributed by atoms with Crippen LogP contribution in [-0.4, -0.2) is 10.1 Å². The summed E-state index contributed by atoms with van der Waals surface area (Å²) in [5.41, 5.74) is 1.96. The van der Waals surface area contributed by atoms with Crippen LogP contribution in [0.25, 0.3) is 11.1 Å². The Labute approximate surface area is 74.6 Å². The van der Waals surface area contributed by atoms with Crippen LogP contribution in [0.4, 0.5) is 0 Å². The van der Waals surface area contributed by atoms with Crippen LogP contribution in [0.15, 0.2) is 15.4 Å². The molecule has 0 spiro atoms. The lowest BCUT2D eigenvalue weighted by Crippen LogP contribution is -2.03. The van der Waals surface area contributed by atoms with Crippen molar-refractivity contribution in [1.82, 2.24) is 10.1 Å². The second kappa shape index (κ2) is 2.73. The van der Waals surface area contributed by atoms with Gasteiger partial charge in [0.15, 0.2) is 5.43 Å². The molecule has 0 atom stereocenters. The number of nitrogens with one attached hydrogen (secondary N) is 1. The summed E-state index contributed by atoms with van der Waals surface area (Å²) in [6.45, 7) is 3.73. The highest BCUT2D eigenvalue weighted by Gasteiger charge is 2.08. The number of aromatic amines is 1. The molecule has 0 amide bonds. The first-order valence-electron chi connectivity index (χ1n) is 4.20. The normalized spacial score (nSPS) is 10.9. The molecule has 4 nitrogen and oxygen atoms in total. The van der Waals surface area contributed by atoms with Crippen LogP contribution in [0, 0.1) is 6.92 Å². The van der Waals surface area contributed by atoms with E-state index < -0.39 is 0 Å². The fourth-order valence-electron chi connectivity index (χ4n) is 1.35. The monoisotopic (exact) mass is 178 g/mol. The fourth-order valence-corrected chi connectivity index (χ4v) is 1.35. The summed E-state index contributed by atoms with van der Waals surface area (Å²) in [5, 5.41) is 4.28. The molecular formula is C9H10N2O2. The molecule has 2 rings (SSSR count). The van der Waals surface area contributed by atoms with Crippen molar-refractivity contribution in [3.8, 4) is 0 Å². The molecule has 0 aromatic carbocycles. The van der Waals surface area contributed by atoms with E-state index in [-0.39, 0.29) is 5.43 Å². The maximum Gasteiger partial charge on any atom is 0.240 e. The highest BCUT2D eigenvalue weighted by atomic mass is 16.5. The summed E-state index contributed by atoms with van der Waals surface area (Å²) in [6, 6.07) is 1.59. The van der Waals surface area contributed by atoms with Crippen molar-refractivity contribution in [3.05, 3.63) is 27.7 Å². The molecule has 0 saturated carbocycles. The minimum Gasteiger partial charge on any atom is -0.337 e. The summed E-state index contributed by atoms with van der Waals surface area (Å²) in [6.07, 6.45) is 0.783. The number of rotatable bonds is 1. The summed E-state index contributed by atoms with van der Waals surface area (Å²) < 4.78 is 4.97. The summed E-state index contributed by atoms with van der Waals surface area (Å²) in [4.78, 5) is 14.5. The minimum atomic E-state index is -0.0237. The first-order chi connectivity index (χ1) is 6.22. The van der Waals surface area contributed by atoms with Crippen LogP contribution in [0.1, 0.15) is 18.3 Å². The lowest BCUT2D eigenvalue weighted by atomic mass is 10.2. The van der Waals surface area contributed by atoms with E-state index >= 15 is 0 Å². The third-order valence-corrected chi connectivity index (χ3v) is 2.07. The average molecular weight is 178 g/mol. The third-order valence-electron chi connectivity index (χ3n) is 2.07. The van der Waals surface area contributed by atoms with Gasteiger partial charge in [0, 0.05) is 11.8 Å². The number of hydrogen-bond acceptors (Lipinski definition) is 3. The molecule has 0 saturated heterocycles. The van der Waals surface area contributed by atoms with Crippen molar-refractivity contribution < 1.29 is 4.52 Å². The Morgan fingerprint density at radius 2 is 2.38 bits per heavy atom. The highest BCUT2D eigenvalue weighted by molar-refractivity contribution is 5.75. The van der Waals surface area contributed by atoms with E-state index in [2.05, 4.69) is 10.1 Å². The second-order valence-corrected chi connectivity index (χ2v) is 2.98. The van der Waals surface area contributed by atoms with Gasteiger partial charge < -0.3 is 9.51 Å². The number of aryl methyl sites for hydroxylation is 2. The van der Waals surface area contributed by atoms with E-state index in [0.29, 0.717) is 16.8 Å². The smallest absolute Gasteiger partial charge is 0.240 e. The lowest BCUT2D eigenvalue weighted by Gasteiger charge is -1.94. The number of H-pyrrole nitrogens is 1. The van der Waals surface area contributed by atoms with E-state index in [1.165, 1.54) is 0 Å². The van der Waals surface area contributed by atoms with Crippen LogP contribution < -0.4 is 5.43 Å². The first-order valence-corrected chi connectivity index (χ1v) is 4.20. The molecule has 0 radical (unpaired) electrons. The molecule has 0 aliphatic heterocycles. The van der Waals surface area contributed by atoms with Gasteiger partial charge in [-0.2, -0.15) is 0 Å². The predicted molar refractivity (Wildman–Crippen MR) is 48.7 cm³/mol. The van der Waals surface area contributed by atoms with E-state index in [4.69, 9.17) is 4.52 Å². The Kier molecular flexibility index (Phi) is 1.69. The Morgan fingerprint density at radius 3 is 3.08 bits per heavy atom. The van der Waals surface area contributed by atoms with Gasteiger partial charge in [0.1, 0.15) is 5.39 Å². The summed E-state index contributed by atoms with van der Waals surface area (Å²) in [7, 11) is 0. The molecule has 2 aromatic rings. The van der Waals surface area contributed by atoms with Crippen LogP contribution >= 0.6 is 0 Å². The van der Waals surface area contributed by atoms with Crippen molar-refractivity contribution in [3.63, 3.8) is 0 Å². The Bertz CT molecular complexity index is 496.